The molecule has 0 spiro atoms. The molecule has 0 aliphatic carbocycles. The number of carbonyl (C=O) groups excluding carboxylic acids is 2. The van der Waals surface area contributed by atoms with E-state index in [2.05, 4.69) is 16.5 Å². The van der Waals surface area contributed by atoms with E-state index in [0.717, 1.165) is 6.29 Å². The molecule has 1 aromatic rings. The molecule has 2 atom stereocenters. The Labute approximate surface area is 134 Å². The van der Waals surface area contributed by atoms with Crippen LogP contribution in [-0.2, 0) is 14.3 Å². The molecule has 0 bridgehead atoms. The molecule has 1 aromatic heterocycles. The summed E-state index contributed by atoms with van der Waals surface area (Å²) >= 11 is 0. The van der Waals surface area contributed by atoms with Crippen molar-refractivity contribution in [3.8, 4) is 0 Å². The molecule has 0 amide bonds. The summed E-state index contributed by atoms with van der Waals surface area (Å²) in [5.41, 5.74) is 7.25. The van der Waals surface area contributed by atoms with Crippen LogP contribution in [0, 0.1) is 5.92 Å². The van der Waals surface area contributed by atoms with E-state index in [1.54, 1.807) is 26.1 Å². The third-order valence-electron chi connectivity index (χ3n) is 3.71. The van der Waals surface area contributed by atoms with Gasteiger partial charge in [-0.2, -0.15) is 0 Å². The van der Waals surface area contributed by atoms with Crippen LogP contribution in [0.4, 0.5) is 5.82 Å². The van der Waals surface area contributed by atoms with Crippen molar-refractivity contribution in [2.24, 2.45) is 11.7 Å². The van der Waals surface area contributed by atoms with Crippen LogP contribution in [-0.4, -0.2) is 41.4 Å². The molecule has 2 heterocycles. The number of hydrogen-bond donors (Lipinski definition) is 1. The van der Waals surface area contributed by atoms with E-state index < -0.39 is 17.9 Å². The lowest BCUT2D eigenvalue weighted by molar-refractivity contribution is -0.138. The second-order valence-corrected chi connectivity index (χ2v) is 5.19. The Morgan fingerprint density at radius 3 is 2.96 bits per heavy atom. The van der Waals surface area contributed by atoms with Crippen molar-refractivity contribution in [2.45, 2.75) is 19.9 Å². The highest BCUT2D eigenvalue weighted by molar-refractivity contribution is 6.02. The normalized spacial score (nSPS) is 18.2. The number of nitrogens with zero attached hydrogens (tertiary/aromatic N) is 3. The SMILES string of the molecule is C=CCN1c2ncncc2C(N)=C(C(=O)OCC)C1C(C)C=O. The lowest BCUT2D eigenvalue weighted by atomic mass is 9.87. The van der Waals surface area contributed by atoms with Crippen LogP contribution in [0.15, 0.2) is 30.8 Å². The zero-order valence-electron chi connectivity index (χ0n) is 13.2. The van der Waals surface area contributed by atoms with Crippen molar-refractivity contribution in [3.05, 3.63) is 36.3 Å². The molecular formula is C16H20N4O3. The highest BCUT2D eigenvalue weighted by Gasteiger charge is 2.40. The molecule has 0 saturated heterocycles. The molecule has 7 heteroatoms. The molecular weight excluding hydrogens is 296 g/mol. The van der Waals surface area contributed by atoms with Crippen LogP contribution < -0.4 is 10.6 Å². The van der Waals surface area contributed by atoms with Crippen molar-refractivity contribution in [1.82, 2.24) is 9.97 Å². The first-order valence-corrected chi connectivity index (χ1v) is 7.36. The fourth-order valence-electron chi connectivity index (χ4n) is 2.73. The predicted molar refractivity (Wildman–Crippen MR) is 86.3 cm³/mol. The number of anilines is 1. The fraction of sp³-hybridized carbons (Fsp3) is 0.375. The maximum atomic E-state index is 12.4. The number of nitrogens with two attached hydrogens (primary N) is 1. The van der Waals surface area contributed by atoms with E-state index in [0.29, 0.717) is 17.9 Å². The average molecular weight is 316 g/mol. The maximum Gasteiger partial charge on any atom is 0.338 e. The largest absolute Gasteiger partial charge is 0.463 e. The van der Waals surface area contributed by atoms with Crippen LogP contribution in [0.25, 0.3) is 5.70 Å². The fourth-order valence-corrected chi connectivity index (χ4v) is 2.73. The van der Waals surface area contributed by atoms with E-state index in [1.807, 2.05) is 4.90 Å². The smallest absolute Gasteiger partial charge is 0.338 e. The van der Waals surface area contributed by atoms with Gasteiger partial charge < -0.3 is 20.2 Å². The van der Waals surface area contributed by atoms with Gasteiger partial charge in [-0.3, -0.25) is 0 Å². The minimum atomic E-state index is -0.563. The highest BCUT2D eigenvalue weighted by Crippen LogP contribution is 2.36. The van der Waals surface area contributed by atoms with Crippen molar-refractivity contribution in [2.75, 3.05) is 18.1 Å². The summed E-state index contributed by atoms with van der Waals surface area (Å²) in [7, 11) is 0. The van der Waals surface area contributed by atoms with E-state index in [9.17, 15) is 9.59 Å². The molecule has 0 radical (unpaired) electrons. The van der Waals surface area contributed by atoms with Crippen LogP contribution in [0.5, 0.6) is 0 Å². The molecule has 0 aromatic carbocycles. The molecule has 2 N–H and O–H groups in total. The van der Waals surface area contributed by atoms with Gasteiger partial charge >= 0.3 is 5.97 Å². The first kappa shape index (κ1) is 16.7. The van der Waals surface area contributed by atoms with Gasteiger partial charge in [-0.1, -0.05) is 13.0 Å². The zero-order valence-corrected chi connectivity index (χ0v) is 13.2. The molecule has 7 nitrogen and oxygen atoms in total. The summed E-state index contributed by atoms with van der Waals surface area (Å²) in [4.78, 5) is 33.9. The number of esters is 1. The first-order chi connectivity index (χ1) is 11.1. The van der Waals surface area contributed by atoms with Crippen molar-refractivity contribution in [1.29, 1.82) is 0 Å². The summed E-state index contributed by atoms with van der Waals surface area (Å²) in [6.45, 7) is 7.81. The Morgan fingerprint density at radius 2 is 2.35 bits per heavy atom. The second kappa shape index (κ2) is 7.04. The first-order valence-electron chi connectivity index (χ1n) is 7.36. The van der Waals surface area contributed by atoms with Gasteiger partial charge in [-0.25, -0.2) is 14.8 Å². The van der Waals surface area contributed by atoms with Gasteiger partial charge in [0.25, 0.3) is 0 Å². The zero-order chi connectivity index (χ0) is 17.0. The molecule has 122 valence electrons. The minimum absolute atomic E-state index is 0.220. The van der Waals surface area contributed by atoms with Gasteiger partial charge in [0.1, 0.15) is 18.4 Å². The monoisotopic (exact) mass is 316 g/mol. The van der Waals surface area contributed by atoms with E-state index in [1.165, 1.54) is 6.33 Å². The van der Waals surface area contributed by atoms with Crippen LogP contribution in [0.3, 0.4) is 0 Å². The Kier molecular flexibility index (Phi) is 5.10. The molecule has 2 rings (SSSR count). The van der Waals surface area contributed by atoms with Gasteiger partial charge in [0.05, 0.1) is 29.5 Å². The number of ether oxygens (including phenoxy) is 1. The van der Waals surface area contributed by atoms with Gasteiger partial charge in [0.15, 0.2) is 0 Å². The van der Waals surface area contributed by atoms with Crippen LogP contribution >= 0.6 is 0 Å². The average Bonchev–Trinajstić information content (AvgIpc) is 2.56. The number of hydrogen-bond acceptors (Lipinski definition) is 7. The standard InChI is InChI=1S/C16H20N4O3/c1-4-6-20-14(10(3)8-21)12(16(22)23-5-2)13(17)11-7-18-9-19-15(11)20/h4,7-10,14H,1,5-6,17H2,2-3H3. The number of aldehydes is 1. The molecule has 23 heavy (non-hydrogen) atoms. The highest BCUT2D eigenvalue weighted by atomic mass is 16.5. The van der Waals surface area contributed by atoms with E-state index in [-0.39, 0.29) is 17.9 Å². The maximum absolute atomic E-state index is 12.4. The number of aromatic nitrogens is 2. The third-order valence-corrected chi connectivity index (χ3v) is 3.71. The Balaban J connectivity index is 2.68. The summed E-state index contributed by atoms with van der Waals surface area (Å²) in [6.07, 6.45) is 5.43. The summed E-state index contributed by atoms with van der Waals surface area (Å²) < 4.78 is 5.13. The van der Waals surface area contributed by atoms with Crippen molar-refractivity contribution >= 4 is 23.8 Å². The topological polar surface area (TPSA) is 98.4 Å². The molecule has 1 aliphatic heterocycles. The lowest BCUT2D eigenvalue weighted by Gasteiger charge is -2.39. The quantitative estimate of drug-likeness (QED) is 0.473. The summed E-state index contributed by atoms with van der Waals surface area (Å²) in [5, 5.41) is 0. The van der Waals surface area contributed by atoms with E-state index >= 15 is 0 Å². The van der Waals surface area contributed by atoms with Gasteiger partial charge in [-0.15, -0.1) is 6.58 Å². The van der Waals surface area contributed by atoms with Gasteiger partial charge in [-0.05, 0) is 6.92 Å². The second-order valence-electron chi connectivity index (χ2n) is 5.19. The Hall–Kier alpha value is -2.70. The van der Waals surface area contributed by atoms with Gasteiger partial charge in [0.2, 0.25) is 0 Å². The summed E-state index contributed by atoms with van der Waals surface area (Å²) in [5.74, 6) is -0.438. The van der Waals surface area contributed by atoms with Crippen molar-refractivity contribution < 1.29 is 14.3 Å². The predicted octanol–water partition coefficient (Wildman–Crippen LogP) is 0.919. The molecule has 1 aliphatic rings. The molecule has 0 fully saturated rings. The molecule has 2 unspecified atom stereocenters. The molecule has 0 saturated carbocycles. The number of rotatable bonds is 6. The van der Waals surface area contributed by atoms with Gasteiger partial charge in [0, 0.05) is 18.7 Å². The lowest BCUT2D eigenvalue weighted by Crippen LogP contribution is -2.48. The third kappa shape index (κ3) is 2.94. The minimum Gasteiger partial charge on any atom is -0.463 e. The van der Waals surface area contributed by atoms with Crippen LogP contribution in [0.2, 0.25) is 0 Å². The number of fused-ring (bicyclic) bond motifs is 1. The van der Waals surface area contributed by atoms with E-state index in [4.69, 9.17) is 10.5 Å². The number of carbonyl (C=O) groups is 2. The Morgan fingerprint density at radius 1 is 1.61 bits per heavy atom. The van der Waals surface area contributed by atoms with Crippen LogP contribution in [0.1, 0.15) is 19.4 Å². The Bertz CT molecular complexity index is 656. The summed E-state index contributed by atoms with van der Waals surface area (Å²) in [6, 6.07) is -0.563. The van der Waals surface area contributed by atoms with Crippen molar-refractivity contribution in [3.63, 3.8) is 0 Å².